The molecular formula is C39H48ClN3O5Si. The SMILES string of the molecule is COc1cc(NC(=O)N(C)[C@@H](CCN2CC(Oc3ccc(Cl)cc3)C2)C(O[SiH2]C(C)(C)C)(c2ccccc2)c2ccccc2)cc(OC)c1. The number of urea groups is 1. The van der Waals surface area contributed by atoms with Crippen LogP contribution in [0.4, 0.5) is 10.5 Å². The molecule has 4 aromatic rings. The Bertz CT molecular complexity index is 1590. The second-order valence-electron chi connectivity index (χ2n) is 13.7. The summed E-state index contributed by atoms with van der Waals surface area (Å²) in [5.41, 5.74) is 1.67. The second kappa shape index (κ2) is 16.1. The molecule has 5 rings (SSSR count). The fraction of sp³-hybridized carbons (Fsp3) is 0.359. The van der Waals surface area contributed by atoms with Crippen molar-refractivity contribution in [2.45, 2.75) is 50.0 Å². The van der Waals surface area contributed by atoms with Gasteiger partial charge in [0, 0.05) is 55.6 Å². The number of nitrogens with one attached hydrogen (secondary N) is 1. The highest BCUT2D eigenvalue weighted by Gasteiger charge is 2.47. The van der Waals surface area contributed by atoms with Gasteiger partial charge in [-0.05, 0) is 46.9 Å². The molecule has 0 aliphatic carbocycles. The summed E-state index contributed by atoms with van der Waals surface area (Å²) >= 11 is 6.07. The molecular weight excluding hydrogens is 654 g/mol. The number of benzene rings is 4. The number of nitrogens with zero attached hydrogens (tertiary/aromatic N) is 2. The van der Waals surface area contributed by atoms with E-state index in [4.69, 9.17) is 30.2 Å². The summed E-state index contributed by atoms with van der Waals surface area (Å²) in [6, 6.07) is 32.9. The van der Waals surface area contributed by atoms with Gasteiger partial charge in [-0.3, -0.25) is 4.90 Å². The summed E-state index contributed by atoms with van der Waals surface area (Å²) in [4.78, 5) is 18.5. The van der Waals surface area contributed by atoms with Gasteiger partial charge in [0.25, 0.3) is 0 Å². The molecule has 1 fully saturated rings. The molecule has 0 spiro atoms. The largest absolute Gasteiger partial charge is 0.497 e. The van der Waals surface area contributed by atoms with Crippen LogP contribution < -0.4 is 19.5 Å². The predicted octanol–water partition coefficient (Wildman–Crippen LogP) is 7.61. The van der Waals surface area contributed by atoms with Gasteiger partial charge in [-0.2, -0.15) is 0 Å². The summed E-state index contributed by atoms with van der Waals surface area (Å²) in [5.74, 6) is 1.99. The van der Waals surface area contributed by atoms with Gasteiger partial charge >= 0.3 is 6.03 Å². The van der Waals surface area contributed by atoms with Crippen LogP contribution >= 0.6 is 11.6 Å². The summed E-state index contributed by atoms with van der Waals surface area (Å²) in [7, 11) is 3.92. The minimum atomic E-state index is -1.12. The zero-order valence-electron chi connectivity index (χ0n) is 29.3. The molecule has 0 radical (unpaired) electrons. The third kappa shape index (κ3) is 9.16. The van der Waals surface area contributed by atoms with Gasteiger partial charge in [0.15, 0.2) is 9.76 Å². The molecule has 2 amide bonds. The van der Waals surface area contributed by atoms with Gasteiger partial charge in [-0.15, -0.1) is 0 Å². The molecule has 1 saturated heterocycles. The van der Waals surface area contributed by atoms with Crippen LogP contribution in [0.3, 0.4) is 0 Å². The fourth-order valence-electron chi connectivity index (χ4n) is 6.21. The van der Waals surface area contributed by atoms with E-state index in [2.05, 4.69) is 55.3 Å². The number of likely N-dealkylation sites (tertiary alicyclic amines) is 1. The number of carbonyl (C=O) groups is 1. The zero-order chi connectivity index (χ0) is 35.0. The third-order valence-electron chi connectivity index (χ3n) is 8.76. The maximum atomic E-state index is 14.3. The van der Waals surface area contributed by atoms with Crippen molar-refractivity contribution in [3.63, 3.8) is 0 Å². The predicted molar refractivity (Wildman–Crippen MR) is 200 cm³/mol. The number of halogens is 1. The number of amides is 2. The van der Waals surface area contributed by atoms with Crippen molar-refractivity contribution in [2.75, 3.05) is 46.2 Å². The minimum absolute atomic E-state index is 0.00103. The number of likely N-dealkylation sites (N-methyl/N-ethyl adjacent to an activating group) is 1. The van der Waals surface area contributed by atoms with E-state index in [9.17, 15) is 4.79 Å². The van der Waals surface area contributed by atoms with E-state index < -0.39 is 15.4 Å². The molecule has 0 aromatic heterocycles. The number of ether oxygens (including phenoxy) is 3. The summed E-state index contributed by atoms with van der Waals surface area (Å²) in [6.45, 7) is 9.00. The van der Waals surface area contributed by atoms with Gasteiger partial charge < -0.3 is 28.9 Å². The Morgan fingerprint density at radius 1 is 0.878 bits per heavy atom. The number of hydrogen-bond donors (Lipinski definition) is 1. The summed E-state index contributed by atoms with van der Waals surface area (Å²) < 4.78 is 24.5. The highest BCUT2D eigenvalue weighted by atomic mass is 35.5. The van der Waals surface area contributed by atoms with Crippen LogP contribution in [-0.4, -0.2) is 78.6 Å². The van der Waals surface area contributed by atoms with Crippen LogP contribution in [0.15, 0.2) is 103 Å². The second-order valence-corrected chi connectivity index (χ2v) is 16.9. The molecule has 4 aromatic carbocycles. The fourth-order valence-corrected chi connectivity index (χ4v) is 7.52. The Kier molecular flexibility index (Phi) is 11.9. The summed E-state index contributed by atoms with van der Waals surface area (Å²) in [6.07, 6.45) is 0.739. The van der Waals surface area contributed by atoms with Gasteiger partial charge in [0.1, 0.15) is 29.0 Å². The highest BCUT2D eigenvalue weighted by Crippen LogP contribution is 2.43. The van der Waals surface area contributed by atoms with E-state index in [1.807, 2.05) is 72.6 Å². The number of carbonyl (C=O) groups excluding carboxylic acids is 1. The van der Waals surface area contributed by atoms with E-state index >= 15 is 0 Å². The lowest BCUT2D eigenvalue weighted by atomic mass is 9.78. The molecule has 10 heteroatoms. The number of anilines is 1. The van der Waals surface area contributed by atoms with Crippen LogP contribution in [0.25, 0.3) is 0 Å². The Labute approximate surface area is 298 Å². The Balaban J connectivity index is 1.49. The van der Waals surface area contributed by atoms with E-state index in [1.165, 1.54) is 0 Å². The molecule has 0 unspecified atom stereocenters. The number of methoxy groups -OCH3 is 2. The van der Waals surface area contributed by atoms with Crippen LogP contribution in [-0.2, 0) is 10.0 Å². The monoisotopic (exact) mass is 701 g/mol. The van der Waals surface area contributed by atoms with E-state index in [1.54, 1.807) is 32.4 Å². The average molecular weight is 702 g/mol. The minimum Gasteiger partial charge on any atom is -0.497 e. The van der Waals surface area contributed by atoms with Crippen LogP contribution in [0.2, 0.25) is 10.1 Å². The normalized spacial score (nSPS) is 14.7. The number of hydrogen-bond acceptors (Lipinski definition) is 6. The Morgan fingerprint density at radius 3 is 1.94 bits per heavy atom. The quantitative estimate of drug-likeness (QED) is 0.137. The first-order valence-corrected chi connectivity index (χ1v) is 18.3. The lowest BCUT2D eigenvalue weighted by Gasteiger charge is -2.48. The first-order valence-electron chi connectivity index (χ1n) is 16.7. The molecule has 1 N–H and O–H groups in total. The van der Waals surface area contributed by atoms with E-state index in [0.717, 1.165) is 36.5 Å². The lowest BCUT2D eigenvalue weighted by molar-refractivity contribution is -0.00860. The maximum absolute atomic E-state index is 14.3. The van der Waals surface area contributed by atoms with Gasteiger partial charge in [0.05, 0.1) is 20.3 Å². The van der Waals surface area contributed by atoms with Crippen molar-refractivity contribution in [2.24, 2.45) is 0 Å². The van der Waals surface area contributed by atoms with Crippen molar-refractivity contribution < 1.29 is 23.4 Å². The Morgan fingerprint density at radius 2 is 1.43 bits per heavy atom. The zero-order valence-corrected chi connectivity index (χ0v) is 31.5. The number of rotatable bonds is 14. The molecule has 0 saturated carbocycles. The molecule has 1 aliphatic heterocycles. The molecule has 1 aliphatic rings. The molecule has 8 nitrogen and oxygen atoms in total. The smallest absolute Gasteiger partial charge is 0.321 e. The Hall–Kier alpha value is -4.02. The van der Waals surface area contributed by atoms with Gasteiger partial charge in [-0.25, -0.2) is 4.79 Å². The first-order chi connectivity index (χ1) is 23.5. The lowest BCUT2D eigenvalue weighted by Crippen LogP contribution is -2.58. The maximum Gasteiger partial charge on any atom is 0.321 e. The van der Waals surface area contributed by atoms with Crippen LogP contribution in [0.5, 0.6) is 17.2 Å². The van der Waals surface area contributed by atoms with Crippen molar-refractivity contribution >= 4 is 33.1 Å². The van der Waals surface area contributed by atoms with Crippen LogP contribution in [0, 0.1) is 0 Å². The van der Waals surface area contributed by atoms with E-state index in [-0.39, 0.29) is 23.2 Å². The van der Waals surface area contributed by atoms with Gasteiger partial charge in [-0.1, -0.05) is 93.0 Å². The molecule has 1 atom stereocenters. The van der Waals surface area contributed by atoms with E-state index in [0.29, 0.717) is 28.6 Å². The van der Waals surface area contributed by atoms with Crippen molar-refractivity contribution in [3.8, 4) is 17.2 Å². The van der Waals surface area contributed by atoms with Crippen molar-refractivity contribution in [1.29, 1.82) is 0 Å². The molecule has 260 valence electrons. The summed E-state index contributed by atoms with van der Waals surface area (Å²) in [5, 5.41) is 3.80. The highest BCUT2D eigenvalue weighted by molar-refractivity contribution is 6.32. The van der Waals surface area contributed by atoms with Crippen molar-refractivity contribution in [3.05, 3.63) is 119 Å². The first kappa shape index (κ1) is 36.3. The molecule has 0 bridgehead atoms. The van der Waals surface area contributed by atoms with Crippen LogP contribution in [0.1, 0.15) is 38.3 Å². The topological polar surface area (TPSA) is 72.5 Å². The standard InChI is InChI=1S/C39H48ClN3O5Si/c1-38(2,3)49-48-39(28-13-9-7-10-14-28,29-15-11-8-12-16-29)36(21-22-43-26-35(27-43)47-32-19-17-30(40)18-20-32)42(4)37(44)41-31-23-33(45-5)25-34(24-31)46-6/h7-20,23-25,35-36H,21-22,26-27,49H2,1-6H3,(H,41,44)/t36-/m0/s1. The van der Waals surface area contributed by atoms with Crippen molar-refractivity contribution in [1.82, 2.24) is 9.80 Å². The average Bonchev–Trinajstić information content (AvgIpc) is 3.09. The third-order valence-corrected chi connectivity index (χ3v) is 10.5. The van der Waals surface area contributed by atoms with Gasteiger partial charge in [0.2, 0.25) is 0 Å². The molecule has 49 heavy (non-hydrogen) atoms. The molecule has 1 heterocycles.